The van der Waals surface area contributed by atoms with Crippen molar-refractivity contribution in [3.05, 3.63) is 22.4 Å². The average molecular weight is 392 g/mol. The van der Waals surface area contributed by atoms with Gasteiger partial charge >= 0.3 is 0 Å². The second kappa shape index (κ2) is 10.2. The highest BCUT2D eigenvalue weighted by Gasteiger charge is 2.27. The zero-order valence-corrected chi connectivity index (χ0v) is 17.3. The Morgan fingerprint density at radius 2 is 1.96 bits per heavy atom. The first kappa shape index (κ1) is 20.3. The Bertz CT molecular complexity index is 591. The maximum atomic E-state index is 12.4. The molecule has 0 radical (unpaired) electrons. The van der Waals surface area contributed by atoms with Crippen LogP contribution >= 0.6 is 11.3 Å². The smallest absolute Gasteiger partial charge is 0.237 e. The second-order valence-electron chi connectivity index (χ2n) is 7.90. The molecule has 2 heterocycles. The van der Waals surface area contributed by atoms with Gasteiger partial charge in [-0.05, 0) is 37.1 Å². The van der Waals surface area contributed by atoms with Crippen LogP contribution in [0.15, 0.2) is 17.5 Å². The third-order valence-corrected chi connectivity index (χ3v) is 7.02. The molecule has 5 nitrogen and oxygen atoms in total. The molecule has 1 aromatic rings. The summed E-state index contributed by atoms with van der Waals surface area (Å²) in [6.07, 6.45) is 7.93. The summed E-state index contributed by atoms with van der Waals surface area (Å²) in [5.41, 5.74) is 0. The van der Waals surface area contributed by atoms with Crippen LogP contribution < -0.4 is 5.32 Å². The lowest BCUT2D eigenvalue weighted by Gasteiger charge is -2.37. The first-order valence-electron chi connectivity index (χ1n) is 10.5. The van der Waals surface area contributed by atoms with Crippen LogP contribution in [-0.4, -0.2) is 60.4 Å². The number of rotatable bonds is 8. The van der Waals surface area contributed by atoms with E-state index in [0.717, 1.165) is 44.9 Å². The van der Waals surface area contributed by atoms with Gasteiger partial charge in [-0.15, -0.1) is 11.3 Å². The van der Waals surface area contributed by atoms with E-state index in [4.69, 9.17) is 0 Å². The third-order valence-electron chi connectivity index (χ3n) is 6.09. The number of amides is 2. The molecular weight excluding hydrogens is 358 g/mol. The highest BCUT2D eigenvalue weighted by atomic mass is 32.1. The molecule has 0 spiro atoms. The molecule has 1 aliphatic heterocycles. The van der Waals surface area contributed by atoms with Crippen molar-refractivity contribution in [1.82, 2.24) is 15.1 Å². The Kier molecular flexibility index (Phi) is 7.70. The van der Waals surface area contributed by atoms with Crippen molar-refractivity contribution in [3.63, 3.8) is 0 Å². The van der Waals surface area contributed by atoms with Crippen molar-refractivity contribution >= 4 is 23.2 Å². The summed E-state index contributed by atoms with van der Waals surface area (Å²) in [6, 6.07) is 4.01. The molecule has 1 aliphatic carbocycles. The molecule has 1 saturated carbocycles. The van der Waals surface area contributed by atoms with Crippen LogP contribution in [-0.2, 0) is 16.0 Å². The van der Waals surface area contributed by atoms with Gasteiger partial charge in [-0.25, -0.2) is 0 Å². The predicted molar refractivity (Wildman–Crippen MR) is 110 cm³/mol. The number of carbonyl (C=O) groups is 2. The largest absolute Gasteiger partial charge is 0.354 e. The van der Waals surface area contributed by atoms with Gasteiger partial charge in [-0.2, -0.15) is 0 Å². The minimum atomic E-state index is -0.135. The molecule has 1 N–H and O–H groups in total. The van der Waals surface area contributed by atoms with Gasteiger partial charge in [0.1, 0.15) is 0 Å². The minimum absolute atomic E-state index is 0.0903. The summed E-state index contributed by atoms with van der Waals surface area (Å²) in [5.74, 6) is 1.16. The molecular formula is C21H33N3O2S. The summed E-state index contributed by atoms with van der Waals surface area (Å²) < 4.78 is 0. The van der Waals surface area contributed by atoms with Crippen LogP contribution in [0.1, 0.15) is 50.3 Å². The van der Waals surface area contributed by atoms with Crippen LogP contribution in [0, 0.1) is 5.92 Å². The highest BCUT2D eigenvalue weighted by molar-refractivity contribution is 7.09. The molecule has 0 aromatic carbocycles. The van der Waals surface area contributed by atoms with Crippen LogP contribution in [0.4, 0.5) is 0 Å². The molecule has 2 fully saturated rings. The van der Waals surface area contributed by atoms with Crippen LogP contribution in [0.3, 0.4) is 0 Å². The van der Waals surface area contributed by atoms with E-state index < -0.39 is 0 Å². The van der Waals surface area contributed by atoms with E-state index in [1.807, 2.05) is 17.9 Å². The predicted octanol–water partition coefficient (Wildman–Crippen LogP) is 2.91. The average Bonchev–Trinajstić information content (AvgIpc) is 3.39. The van der Waals surface area contributed by atoms with E-state index in [1.165, 1.54) is 30.6 Å². The van der Waals surface area contributed by atoms with Crippen LogP contribution in [0.2, 0.25) is 0 Å². The number of nitrogens with zero attached hydrogens (tertiary/aromatic N) is 2. The van der Waals surface area contributed by atoms with Gasteiger partial charge in [0.2, 0.25) is 11.8 Å². The summed E-state index contributed by atoms with van der Waals surface area (Å²) in [7, 11) is 0. The molecule has 3 rings (SSSR count). The maximum Gasteiger partial charge on any atom is 0.237 e. The molecule has 1 unspecified atom stereocenters. The Balaban J connectivity index is 1.33. The third kappa shape index (κ3) is 6.04. The zero-order chi connectivity index (χ0) is 19.1. The molecule has 0 bridgehead atoms. The minimum Gasteiger partial charge on any atom is -0.354 e. The van der Waals surface area contributed by atoms with Gasteiger partial charge in [0, 0.05) is 44.0 Å². The number of hydrogen-bond acceptors (Lipinski definition) is 4. The zero-order valence-electron chi connectivity index (χ0n) is 16.5. The SMILES string of the molecule is CC(C(=O)NCCc1cccs1)N1CCN(C(=O)CCC2CCCC2)CC1. The van der Waals surface area contributed by atoms with E-state index in [9.17, 15) is 9.59 Å². The van der Waals surface area contributed by atoms with Gasteiger partial charge in [0.05, 0.1) is 6.04 Å². The Hall–Kier alpha value is -1.40. The van der Waals surface area contributed by atoms with Crippen molar-refractivity contribution < 1.29 is 9.59 Å². The van der Waals surface area contributed by atoms with Gasteiger partial charge < -0.3 is 10.2 Å². The van der Waals surface area contributed by atoms with Crippen molar-refractivity contribution in [3.8, 4) is 0 Å². The first-order chi connectivity index (χ1) is 13.1. The molecule has 1 saturated heterocycles. The van der Waals surface area contributed by atoms with Gasteiger partial charge in [-0.1, -0.05) is 31.7 Å². The van der Waals surface area contributed by atoms with Crippen molar-refractivity contribution in [2.24, 2.45) is 5.92 Å². The van der Waals surface area contributed by atoms with E-state index in [1.54, 1.807) is 11.3 Å². The lowest BCUT2D eigenvalue weighted by Crippen LogP contribution is -2.55. The fourth-order valence-corrected chi connectivity index (χ4v) is 4.93. The Labute approximate surface area is 167 Å². The molecule has 6 heteroatoms. The summed E-state index contributed by atoms with van der Waals surface area (Å²) in [6.45, 7) is 5.72. The maximum absolute atomic E-state index is 12.4. The molecule has 1 atom stereocenters. The quantitative estimate of drug-likeness (QED) is 0.741. The van der Waals surface area contributed by atoms with Crippen LogP contribution in [0.25, 0.3) is 0 Å². The van der Waals surface area contributed by atoms with E-state index in [-0.39, 0.29) is 11.9 Å². The highest BCUT2D eigenvalue weighted by Crippen LogP contribution is 2.28. The van der Waals surface area contributed by atoms with E-state index in [2.05, 4.69) is 21.7 Å². The molecule has 27 heavy (non-hydrogen) atoms. The lowest BCUT2D eigenvalue weighted by atomic mass is 10.0. The fourth-order valence-electron chi connectivity index (χ4n) is 4.22. The van der Waals surface area contributed by atoms with Gasteiger partial charge in [0.25, 0.3) is 0 Å². The number of nitrogens with one attached hydrogen (secondary N) is 1. The number of hydrogen-bond donors (Lipinski definition) is 1. The summed E-state index contributed by atoms with van der Waals surface area (Å²) in [4.78, 5) is 30.3. The number of carbonyl (C=O) groups excluding carboxylic acids is 2. The number of thiophene rings is 1. The fraction of sp³-hybridized carbons (Fsp3) is 0.714. The molecule has 2 aliphatic rings. The standard InChI is InChI=1S/C21H33N3O2S/c1-17(21(26)22-11-10-19-7-4-16-27-19)23-12-14-24(15-13-23)20(25)9-8-18-5-2-3-6-18/h4,7,16-18H,2-3,5-6,8-15H2,1H3,(H,22,26). The van der Waals surface area contributed by atoms with Crippen molar-refractivity contribution in [2.45, 2.75) is 57.9 Å². The van der Waals surface area contributed by atoms with Gasteiger partial charge in [-0.3, -0.25) is 14.5 Å². The molecule has 150 valence electrons. The van der Waals surface area contributed by atoms with Crippen LogP contribution in [0.5, 0.6) is 0 Å². The Morgan fingerprint density at radius 3 is 2.63 bits per heavy atom. The Morgan fingerprint density at radius 1 is 1.22 bits per heavy atom. The number of piperazine rings is 1. The molecule has 1 aromatic heterocycles. The normalized spacial score (nSPS) is 20.0. The van der Waals surface area contributed by atoms with Crippen molar-refractivity contribution in [2.75, 3.05) is 32.7 Å². The topological polar surface area (TPSA) is 52.7 Å². The first-order valence-corrected chi connectivity index (χ1v) is 11.3. The second-order valence-corrected chi connectivity index (χ2v) is 8.93. The summed E-state index contributed by atoms with van der Waals surface area (Å²) in [5, 5.41) is 5.11. The lowest BCUT2D eigenvalue weighted by molar-refractivity contribution is -0.134. The van der Waals surface area contributed by atoms with Gasteiger partial charge in [0.15, 0.2) is 0 Å². The monoisotopic (exact) mass is 391 g/mol. The summed E-state index contributed by atoms with van der Waals surface area (Å²) >= 11 is 1.73. The van der Waals surface area contributed by atoms with E-state index in [0.29, 0.717) is 18.9 Å². The van der Waals surface area contributed by atoms with E-state index >= 15 is 0 Å². The molecule has 2 amide bonds. The van der Waals surface area contributed by atoms with Crippen molar-refractivity contribution in [1.29, 1.82) is 0 Å².